The standard InChI is InChI=1S/C29H30ClN5O3/c1-19-9-10-20(27-18-35(34-33-27)13-15-38-28-8-4-5-14-37-28)16-23(19)29(36)22-12-11-21(17-24(22)30)32-26-7-3-2-6-25(26)31/h2-3,6-7,9-12,16-18,28,32H,4-5,8,13-15,31H2,1H3. The van der Waals surface area contributed by atoms with Gasteiger partial charge in [0.25, 0.3) is 0 Å². The van der Waals surface area contributed by atoms with Gasteiger partial charge in [0, 0.05) is 29.0 Å². The number of hydrogen-bond acceptors (Lipinski definition) is 7. The Bertz CT molecular complexity index is 1430. The van der Waals surface area contributed by atoms with E-state index < -0.39 is 0 Å². The normalized spacial score (nSPS) is 15.4. The molecule has 3 N–H and O–H groups in total. The topological polar surface area (TPSA) is 104 Å². The summed E-state index contributed by atoms with van der Waals surface area (Å²) in [6.07, 6.45) is 4.86. The summed E-state index contributed by atoms with van der Waals surface area (Å²) in [7, 11) is 0. The van der Waals surface area contributed by atoms with Crippen molar-refractivity contribution in [3.05, 3.63) is 88.6 Å². The number of aromatic nitrogens is 3. The van der Waals surface area contributed by atoms with Crippen LogP contribution in [0.25, 0.3) is 11.3 Å². The van der Waals surface area contributed by atoms with Crippen LogP contribution in [-0.4, -0.2) is 40.3 Å². The van der Waals surface area contributed by atoms with Gasteiger partial charge in [-0.05, 0) is 68.1 Å². The molecule has 0 spiro atoms. The number of ether oxygens (including phenoxy) is 2. The summed E-state index contributed by atoms with van der Waals surface area (Å²) in [6, 6.07) is 18.4. The number of nitrogens with two attached hydrogens (primary N) is 1. The monoisotopic (exact) mass is 531 g/mol. The zero-order chi connectivity index (χ0) is 26.5. The summed E-state index contributed by atoms with van der Waals surface area (Å²) in [4.78, 5) is 13.5. The predicted molar refractivity (Wildman–Crippen MR) is 149 cm³/mol. The Morgan fingerprint density at radius 2 is 2.03 bits per heavy atom. The van der Waals surface area contributed by atoms with Crippen LogP contribution in [0.2, 0.25) is 5.02 Å². The van der Waals surface area contributed by atoms with E-state index in [1.807, 2.05) is 61.7 Å². The van der Waals surface area contributed by atoms with E-state index in [0.717, 1.165) is 48.4 Å². The minimum atomic E-state index is -0.159. The molecule has 0 aliphatic carbocycles. The van der Waals surface area contributed by atoms with Crippen LogP contribution in [0.5, 0.6) is 0 Å². The second-order valence-corrected chi connectivity index (χ2v) is 9.71. The van der Waals surface area contributed by atoms with Gasteiger partial charge in [0.15, 0.2) is 12.1 Å². The fraction of sp³-hybridized carbons (Fsp3) is 0.276. The van der Waals surface area contributed by atoms with Gasteiger partial charge in [0.2, 0.25) is 0 Å². The second-order valence-electron chi connectivity index (χ2n) is 9.30. The van der Waals surface area contributed by atoms with Crippen molar-refractivity contribution in [2.75, 3.05) is 24.3 Å². The second kappa shape index (κ2) is 11.8. The molecule has 196 valence electrons. The molecule has 5 rings (SSSR count). The highest BCUT2D eigenvalue weighted by Crippen LogP contribution is 2.29. The van der Waals surface area contributed by atoms with Crippen molar-refractivity contribution >= 4 is 34.4 Å². The summed E-state index contributed by atoms with van der Waals surface area (Å²) in [5.41, 5.74) is 11.5. The molecular weight excluding hydrogens is 502 g/mol. The Kier molecular flexibility index (Phi) is 8.03. The van der Waals surface area contributed by atoms with Gasteiger partial charge in [0.1, 0.15) is 5.69 Å². The molecule has 0 saturated carbocycles. The Balaban J connectivity index is 1.28. The minimum Gasteiger partial charge on any atom is -0.397 e. The van der Waals surface area contributed by atoms with Gasteiger partial charge in [-0.2, -0.15) is 0 Å². The molecular formula is C29H30ClN5O3. The molecule has 8 nitrogen and oxygen atoms in total. The number of para-hydroxylation sites is 2. The average molecular weight is 532 g/mol. The quantitative estimate of drug-likeness (QED) is 0.201. The molecule has 1 atom stereocenters. The van der Waals surface area contributed by atoms with Crippen molar-refractivity contribution < 1.29 is 14.3 Å². The lowest BCUT2D eigenvalue weighted by Crippen LogP contribution is -2.24. The van der Waals surface area contributed by atoms with Crippen LogP contribution >= 0.6 is 11.6 Å². The van der Waals surface area contributed by atoms with Crippen LogP contribution in [0, 0.1) is 6.92 Å². The SMILES string of the molecule is Cc1ccc(-c2cn(CCOC3CCCCO3)nn2)cc1C(=O)c1ccc(Nc2ccccc2N)cc1Cl. The Labute approximate surface area is 226 Å². The zero-order valence-electron chi connectivity index (χ0n) is 21.2. The molecule has 0 bridgehead atoms. The van der Waals surface area contributed by atoms with E-state index in [-0.39, 0.29) is 12.1 Å². The third kappa shape index (κ3) is 6.05. The molecule has 1 fully saturated rings. The Morgan fingerprint density at radius 3 is 2.82 bits per heavy atom. The molecule has 1 aromatic heterocycles. The fourth-order valence-corrected chi connectivity index (χ4v) is 4.64. The van der Waals surface area contributed by atoms with Gasteiger partial charge >= 0.3 is 0 Å². The number of benzene rings is 3. The summed E-state index contributed by atoms with van der Waals surface area (Å²) >= 11 is 6.56. The number of hydrogen-bond donors (Lipinski definition) is 2. The van der Waals surface area contributed by atoms with Crippen molar-refractivity contribution in [1.29, 1.82) is 0 Å². The van der Waals surface area contributed by atoms with Gasteiger partial charge < -0.3 is 20.5 Å². The van der Waals surface area contributed by atoms with Crippen LogP contribution in [0.3, 0.4) is 0 Å². The van der Waals surface area contributed by atoms with E-state index in [0.29, 0.717) is 40.7 Å². The van der Waals surface area contributed by atoms with Crippen LogP contribution in [0.15, 0.2) is 66.9 Å². The van der Waals surface area contributed by atoms with Crippen molar-refractivity contribution in [2.24, 2.45) is 0 Å². The van der Waals surface area contributed by atoms with E-state index >= 15 is 0 Å². The van der Waals surface area contributed by atoms with E-state index in [2.05, 4.69) is 15.6 Å². The average Bonchev–Trinajstić information content (AvgIpc) is 3.40. The first-order chi connectivity index (χ1) is 18.5. The lowest BCUT2D eigenvalue weighted by Gasteiger charge is -2.22. The maximum Gasteiger partial charge on any atom is 0.194 e. The number of carbonyl (C=O) groups excluding carboxylic acids is 1. The number of carbonyl (C=O) groups is 1. The van der Waals surface area contributed by atoms with E-state index in [1.54, 1.807) is 16.8 Å². The van der Waals surface area contributed by atoms with Crippen molar-refractivity contribution in [2.45, 2.75) is 39.0 Å². The van der Waals surface area contributed by atoms with Gasteiger partial charge in [-0.15, -0.1) is 5.10 Å². The Hall–Kier alpha value is -3.72. The van der Waals surface area contributed by atoms with E-state index in [4.69, 9.17) is 26.8 Å². The highest BCUT2D eigenvalue weighted by atomic mass is 35.5. The van der Waals surface area contributed by atoms with Crippen LogP contribution in [-0.2, 0) is 16.0 Å². The lowest BCUT2D eigenvalue weighted by molar-refractivity contribution is -0.163. The molecule has 0 radical (unpaired) electrons. The lowest BCUT2D eigenvalue weighted by atomic mass is 9.96. The molecule has 38 heavy (non-hydrogen) atoms. The van der Waals surface area contributed by atoms with E-state index in [9.17, 15) is 4.79 Å². The number of rotatable bonds is 9. The summed E-state index contributed by atoms with van der Waals surface area (Å²) < 4.78 is 13.1. The molecule has 1 aliphatic heterocycles. The third-order valence-electron chi connectivity index (χ3n) is 6.53. The number of aryl methyl sites for hydroxylation is 1. The summed E-state index contributed by atoms with van der Waals surface area (Å²) in [5, 5.41) is 12.1. The number of anilines is 3. The number of nitrogens with one attached hydrogen (secondary N) is 1. The molecule has 1 aliphatic rings. The van der Waals surface area contributed by atoms with Gasteiger partial charge in [-0.25, -0.2) is 4.68 Å². The van der Waals surface area contributed by atoms with Crippen molar-refractivity contribution in [1.82, 2.24) is 15.0 Å². The van der Waals surface area contributed by atoms with Crippen LogP contribution in [0.1, 0.15) is 40.7 Å². The minimum absolute atomic E-state index is 0.134. The van der Waals surface area contributed by atoms with Crippen molar-refractivity contribution in [3.8, 4) is 11.3 Å². The highest BCUT2D eigenvalue weighted by Gasteiger charge is 2.18. The van der Waals surface area contributed by atoms with Crippen molar-refractivity contribution in [3.63, 3.8) is 0 Å². The van der Waals surface area contributed by atoms with Gasteiger partial charge in [-0.3, -0.25) is 4.79 Å². The molecule has 9 heteroatoms. The van der Waals surface area contributed by atoms with Crippen LogP contribution < -0.4 is 11.1 Å². The molecule has 4 aromatic rings. The fourth-order valence-electron chi connectivity index (χ4n) is 4.37. The third-order valence-corrected chi connectivity index (χ3v) is 6.84. The predicted octanol–water partition coefficient (Wildman–Crippen LogP) is 6.01. The molecule has 3 aromatic carbocycles. The Morgan fingerprint density at radius 1 is 1.16 bits per heavy atom. The highest BCUT2D eigenvalue weighted by molar-refractivity contribution is 6.35. The molecule has 1 saturated heterocycles. The van der Waals surface area contributed by atoms with Gasteiger partial charge in [0.05, 0.1) is 35.7 Å². The number of nitrogens with zero attached hydrogens (tertiary/aromatic N) is 3. The summed E-state index contributed by atoms with van der Waals surface area (Å²) in [6.45, 7) is 3.71. The molecule has 0 amide bonds. The van der Waals surface area contributed by atoms with E-state index in [1.165, 1.54) is 0 Å². The number of nitrogen functional groups attached to an aromatic ring is 1. The largest absolute Gasteiger partial charge is 0.397 e. The first kappa shape index (κ1) is 25.9. The maximum atomic E-state index is 13.5. The number of ketones is 1. The van der Waals surface area contributed by atoms with Crippen LogP contribution in [0.4, 0.5) is 17.1 Å². The van der Waals surface area contributed by atoms with Gasteiger partial charge in [-0.1, -0.05) is 41.1 Å². The number of halogens is 1. The summed E-state index contributed by atoms with van der Waals surface area (Å²) in [5.74, 6) is -0.159. The smallest absolute Gasteiger partial charge is 0.194 e. The molecule has 2 heterocycles. The first-order valence-electron chi connectivity index (χ1n) is 12.7. The molecule has 1 unspecified atom stereocenters. The first-order valence-corrected chi connectivity index (χ1v) is 13.1. The zero-order valence-corrected chi connectivity index (χ0v) is 21.9. The maximum absolute atomic E-state index is 13.5.